The fraction of sp³-hybridized carbons (Fsp3) is 0.562. The van der Waals surface area contributed by atoms with E-state index < -0.39 is 0 Å². The van der Waals surface area contributed by atoms with Gasteiger partial charge in [0.05, 0.1) is 18.2 Å². The van der Waals surface area contributed by atoms with Gasteiger partial charge in [0.15, 0.2) is 0 Å². The lowest BCUT2D eigenvalue weighted by atomic mass is 10.0. The molecule has 0 saturated carbocycles. The van der Waals surface area contributed by atoms with Crippen LogP contribution in [0.25, 0.3) is 0 Å². The van der Waals surface area contributed by atoms with Crippen LogP contribution in [0, 0.1) is 0 Å². The zero-order valence-corrected chi connectivity index (χ0v) is 12.7. The van der Waals surface area contributed by atoms with Crippen molar-refractivity contribution in [3.8, 4) is 0 Å². The van der Waals surface area contributed by atoms with Crippen LogP contribution in [0.4, 0.5) is 0 Å². The molecule has 0 aliphatic rings. The third-order valence-electron chi connectivity index (χ3n) is 3.58. The van der Waals surface area contributed by atoms with Gasteiger partial charge in [0, 0.05) is 30.3 Å². The zero-order chi connectivity index (χ0) is 14.4. The average Bonchev–Trinajstić information content (AvgIpc) is 3.12. The Hall–Kier alpha value is -1.55. The normalized spacial score (nSPS) is 12.8. The Morgan fingerprint density at radius 3 is 2.80 bits per heavy atom. The van der Waals surface area contributed by atoms with Crippen LogP contribution in [0.5, 0.6) is 0 Å². The highest BCUT2D eigenvalue weighted by Gasteiger charge is 2.16. The molecule has 2 aromatic heterocycles. The number of aryl methyl sites for hydroxylation is 2. The second-order valence-corrected chi connectivity index (χ2v) is 5.06. The molecule has 0 spiro atoms. The second kappa shape index (κ2) is 7.29. The van der Waals surface area contributed by atoms with Gasteiger partial charge in [0.2, 0.25) is 0 Å². The minimum atomic E-state index is 0.292. The Morgan fingerprint density at radius 2 is 2.20 bits per heavy atom. The minimum absolute atomic E-state index is 0.292. The summed E-state index contributed by atoms with van der Waals surface area (Å²) in [6, 6.07) is 4.56. The number of hydrogen-bond acceptors (Lipinski definition) is 3. The van der Waals surface area contributed by atoms with E-state index in [2.05, 4.69) is 41.9 Å². The molecule has 0 bridgehead atoms. The van der Waals surface area contributed by atoms with Gasteiger partial charge in [0.25, 0.3) is 0 Å². The van der Waals surface area contributed by atoms with Crippen molar-refractivity contribution in [3.63, 3.8) is 0 Å². The molecule has 4 heteroatoms. The van der Waals surface area contributed by atoms with Gasteiger partial charge < -0.3 is 9.73 Å². The van der Waals surface area contributed by atoms with Crippen molar-refractivity contribution in [1.82, 2.24) is 15.1 Å². The first-order valence-corrected chi connectivity index (χ1v) is 7.59. The average molecular weight is 275 g/mol. The molecule has 1 unspecified atom stereocenters. The van der Waals surface area contributed by atoms with Gasteiger partial charge in [-0.1, -0.05) is 13.8 Å². The summed E-state index contributed by atoms with van der Waals surface area (Å²) in [5.74, 6) is 0. The van der Waals surface area contributed by atoms with Gasteiger partial charge in [-0.25, -0.2) is 0 Å². The Bertz CT molecular complexity index is 502. The number of aromatic nitrogens is 2. The molecule has 0 fully saturated rings. The summed E-state index contributed by atoms with van der Waals surface area (Å²) in [5.41, 5.74) is 3.67. The molecule has 0 saturated heterocycles. The van der Waals surface area contributed by atoms with Crippen LogP contribution < -0.4 is 5.32 Å². The van der Waals surface area contributed by atoms with Crippen molar-refractivity contribution in [3.05, 3.63) is 41.6 Å². The molecule has 1 N–H and O–H groups in total. The van der Waals surface area contributed by atoms with E-state index in [4.69, 9.17) is 4.42 Å². The molecule has 110 valence electrons. The standard InChI is InChI=1S/C16H25N3O/c1-4-8-17-16(13-7-9-20-12-13)11-15-10-14(5-2)18-19(15)6-3/h7,9-10,12,16-17H,4-6,8,11H2,1-3H3. The molecule has 20 heavy (non-hydrogen) atoms. The lowest BCUT2D eigenvalue weighted by molar-refractivity contribution is 0.492. The van der Waals surface area contributed by atoms with Crippen molar-refractivity contribution in [1.29, 1.82) is 0 Å². The first-order valence-electron chi connectivity index (χ1n) is 7.59. The molecule has 1 atom stereocenters. The largest absolute Gasteiger partial charge is 0.472 e. The topological polar surface area (TPSA) is 43.0 Å². The maximum Gasteiger partial charge on any atom is 0.0950 e. The van der Waals surface area contributed by atoms with Crippen molar-refractivity contribution in [2.24, 2.45) is 0 Å². The predicted molar refractivity (Wildman–Crippen MR) is 80.7 cm³/mol. The van der Waals surface area contributed by atoms with E-state index in [1.54, 1.807) is 6.26 Å². The Morgan fingerprint density at radius 1 is 1.35 bits per heavy atom. The monoisotopic (exact) mass is 275 g/mol. The van der Waals surface area contributed by atoms with E-state index in [0.29, 0.717) is 6.04 Å². The maximum absolute atomic E-state index is 5.23. The Labute approximate surface area is 121 Å². The van der Waals surface area contributed by atoms with Crippen LogP contribution >= 0.6 is 0 Å². The van der Waals surface area contributed by atoms with Crippen LogP contribution in [0.1, 0.15) is 50.2 Å². The summed E-state index contributed by atoms with van der Waals surface area (Å²) in [6.07, 6.45) is 6.63. The van der Waals surface area contributed by atoms with Crippen molar-refractivity contribution < 1.29 is 4.42 Å². The van der Waals surface area contributed by atoms with Crippen LogP contribution in [-0.4, -0.2) is 16.3 Å². The van der Waals surface area contributed by atoms with Crippen LogP contribution in [-0.2, 0) is 19.4 Å². The summed E-state index contributed by atoms with van der Waals surface area (Å²) in [7, 11) is 0. The SMILES string of the molecule is CCCNC(Cc1cc(CC)nn1CC)c1ccoc1. The third-order valence-corrected chi connectivity index (χ3v) is 3.58. The molecule has 2 aromatic rings. The summed E-state index contributed by atoms with van der Waals surface area (Å²) in [4.78, 5) is 0. The number of hydrogen-bond donors (Lipinski definition) is 1. The number of nitrogens with zero attached hydrogens (tertiary/aromatic N) is 2. The predicted octanol–water partition coefficient (Wildman–Crippen LogP) is 3.34. The lowest BCUT2D eigenvalue weighted by Crippen LogP contribution is -2.24. The molecule has 0 aromatic carbocycles. The van der Waals surface area contributed by atoms with E-state index in [0.717, 1.165) is 32.4 Å². The van der Waals surface area contributed by atoms with Gasteiger partial charge in [-0.15, -0.1) is 0 Å². The van der Waals surface area contributed by atoms with E-state index in [9.17, 15) is 0 Å². The number of rotatable bonds is 8. The Kier molecular flexibility index (Phi) is 5.41. The highest BCUT2D eigenvalue weighted by molar-refractivity contribution is 5.18. The van der Waals surface area contributed by atoms with Crippen LogP contribution in [0.2, 0.25) is 0 Å². The molecule has 0 aliphatic heterocycles. The smallest absolute Gasteiger partial charge is 0.0950 e. The summed E-state index contributed by atoms with van der Waals surface area (Å²) < 4.78 is 7.34. The van der Waals surface area contributed by atoms with E-state index in [1.807, 2.05) is 12.3 Å². The molecule has 4 nitrogen and oxygen atoms in total. The first-order chi connectivity index (χ1) is 9.78. The van der Waals surface area contributed by atoms with Gasteiger partial charge in [-0.2, -0.15) is 5.10 Å². The van der Waals surface area contributed by atoms with Gasteiger partial charge in [-0.05, 0) is 38.4 Å². The van der Waals surface area contributed by atoms with Gasteiger partial charge in [-0.3, -0.25) is 4.68 Å². The first kappa shape index (κ1) is 14.9. The Balaban J connectivity index is 2.16. The molecule has 0 radical (unpaired) electrons. The lowest BCUT2D eigenvalue weighted by Gasteiger charge is -2.17. The number of nitrogens with one attached hydrogen (secondary N) is 1. The van der Waals surface area contributed by atoms with Crippen molar-refractivity contribution in [2.45, 2.75) is 52.6 Å². The highest BCUT2D eigenvalue weighted by Crippen LogP contribution is 2.20. The van der Waals surface area contributed by atoms with E-state index in [-0.39, 0.29) is 0 Å². The minimum Gasteiger partial charge on any atom is -0.472 e. The second-order valence-electron chi connectivity index (χ2n) is 5.06. The quantitative estimate of drug-likeness (QED) is 0.803. The molecule has 0 amide bonds. The molecular formula is C16H25N3O. The van der Waals surface area contributed by atoms with Gasteiger partial charge >= 0.3 is 0 Å². The summed E-state index contributed by atoms with van der Waals surface area (Å²) in [5, 5.41) is 8.23. The fourth-order valence-corrected chi connectivity index (χ4v) is 2.43. The zero-order valence-electron chi connectivity index (χ0n) is 12.7. The summed E-state index contributed by atoms with van der Waals surface area (Å²) in [6.45, 7) is 8.40. The molecular weight excluding hydrogens is 250 g/mol. The van der Waals surface area contributed by atoms with E-state index in [1.165, 1.54) is 17.0 Å². The molecule has 0 aliphatic carbocycles. The molecule has 2 heterocycles. The fourth-order valence-electron chi connectivity index (χ4n) is 2.43. The highest BCUT2D eigenvalue weighted by atomic mass is 16.3. The van der Waals surface area contributed by atoms with Crippen molar-refractivity contribution in [2.75, 3.05) is 6.54 Å². The molecule has 2 rings (SSSR count). The summed E-state index contributed by atoms with van der Waals surface area (Å²) >= 11 is 0. The van der Waals surface area contributed by atoms with Crippen LogP contribution in [0.15, 0.2) is 29.1 Å². The van der Waals surface area contributed by atoms with Crippen LogP contribution in [0.3, 0.4) is 0 Å². The van der Waals surface area contributed by atoms with Crippen molar-refractivity contribution >= 4 is 0 Å². The maximum atomic E-state index is 5.23. The number of furan rings is 1. The third kappa shape index (κ3) is 3.51. The van der Waals surface area contributed by atoms with E-state index >= 15 is 0 Å². The van der Waals surface area contributed by atoms with Gasteiger partial charge in [0.1, 0.15) is 0 Å².